The number of hydrogen-bond acceptors (Lipinski definition) is 0. The zero-order chi connectivity index (χ0) is 6.15. The van der Waals surface area contributed by atoms with Gasteiger partial charge in [0.05, 0.1) is 0 Å². The van der Waals surface area contributed by atoms with Crippen LogP contribution in [0.15, 0.2) is 11.6 Å². The summed E-state index contributed by atoms with van der Waals surface area (Å²) in [4.78, 5) is 0. The lowest BCUT2D eigenvalue weighted by molar-refractivity contribution is 1.53. The second-order valence-electron chi connectivity index (χ2n) is 2.26. The van der Waals surface area contributed by atoms with E-state index in [9.17, 15) is 0 Å². The van der Waals surface area contributed by atoms with Gasteiger partial charge in [-0.15, -0.1) is 0 Å². The van der Waals surface area contributed by atoms with Crippen LogP contribution in [0.4, 0.5) is 0 Å². The van der Waals surface area contributed by atoms with Gasteiger partial charge in [0.25, 0.3) is 0 Å². The molecule has 1 rings (SSSR count). The summed E-state index contributed by atoms with van der Waals surface area (Å²) in [5.41, 5.74) is 0. The van der Waals surface area contributed by atoms with Crippen molar-refractivity contribution in [2.75, 3.05) is 25.7 Å². The van der Waals surface area contributed by atoms with Gasteiger partial charge in [0, 0.05) is 0 Å². The van der Waals surface area contributed by atoms with Gasteiger partial charge in [-0.05, 0) is 30.7 Å². The van der Waals surface area contributed by atoms with Crippen LogP contribution in [0.5, 0.6) is 0 Å². The summed E-state index contributed by atoms with van der Waals surface area (Å²) in [6.45, 7) is 8.78. The second kappa shape index (κ2) is 2.46. The molecule has 1 fully saturated rings. The van der Waals surface area contributed by atoms with Gasteiger partial charge in [0.2, 0.25) is 0 Å². The first-order chi connectivity index (χ1) is 3.72. The van der Waals surface area contributed by atoms with Crippen LogP contribution in [0, 0.1) is 0 Å². The van der Waals surface area contributed by atoms with Gasteiger partial charge < -0.3 is 0 Å². The maximum absolute atomic E-state index is 4.07. The third-order valence-corrected chi connectivity index (χ3v) is 7.60. The van der Waals surface area contributed by atoms with Gasteiger partial charge in [0.15, 0.2) is 0 Å². The van der Waals surface area contributed by atoms with E-state index in [1.54, 1.807) is 5.06 Å². The molecular weight excluding hydrogens is 134 g/mol. The maximum atomic E-state index is 4.07. The molecule has 0 aromatic carbocycles. The minimum atomic E-state index is 0.269. The molecule has 0 aromatic heterocycles. The van der Waals surface area contributed by atoms with Gasteiger partial charge in [-0.3, -0.25) is 0 Å². The van der Waals surface area contributed by atoms with E-state index in [4.69, 9.17) is 0 Å². The Labute approximate surface area is 53.9 Å². The van der Waals surface area contributed by atoms with Crippen LogP contribution >= 0.6 is 15.8 Å². The van der Waals surface area contributed by atoms with E-state index in [0.29, 0.717) is 0 Å². The Morgan fingerprint density at radius 3 is 1.75 bits per heavy atom. The van der Waals surface area contributed by atoms with Crippen LogP contribution in [-0.4, -0.2) is 25.7 Å². The Balaban J connectivity index is 2.57. The quantitative estimate of drug-likeness (QED) is 0.461. The normalized spacial score (nSPS) is 38.5. The maximum Gasteiger partial charge on any atom is -0.0245 e. The molecule has 1 heterocycles. The zero-order valence-electron chi connectivity index (χ0n) is 5.52. The summed E-state index contributed by atoms with van der Waals surface area (Å²) in [6.07, 6.45) is 2.91. The van der Waals surface area contributed by atoms with E-state index in [1.165, 1.54) is 12.3 Å². The van der Waals surface area contributed by atoms with E-state index in [1.807, 2.05) is 0 Å². The highest BCUT2D eigenvalue weighted by atomic mass is 31.2. The molecule has 0 nitrogen and oxygen atoms in total. The smallest absolute Gasteiger partial charge is 0.0245 e. The molecule has 0 amide bonds. The van der Waals surface area contributed by atoms with Crippen molar-refractivity contribution >= 4 is 15.8 Å². The van der Waals surface area contributed by atoms with Crippen LogP contribution in [0.2, 0.25) is 0 Å². The molecule has 0 aliphatic carbocycles. The monoisotopic (exact) mass is 146 g/mol. The summed E-state index contributed by atoms with van der Waals surface area (Å²) in [6, 6.07) is 0. The molecule has 1 saturated heterocycles. The molecule has 1 aliphatic rings. The molecule has 0 bridgehead atoms. The Morgan fingerprint density at radius 1 is 1.25 bits per heavy atom. The highest BCUT2D eigenvalue weighted by Gasteiger charge is 2.20. The van der Waals surface area contributed by atoms with E-state index in [-0.39, 0.29) is 15.8 Å². The van der Waals surface area contributed by atoms with Crippen LogP contribution < -0.4 is 0 Å². The molecule has 0 aromatic rings. The van der Waals surface area contributed by atoms with Crippen molar-refractivity contribution in [2.24, 2.45) is 0 Å². The zero-order valence-corrected chi connectivity index (χ0v) is 7.30. The van der Waals surface area contributed by atoms with Crippen LogP contribution in [0.1, 0.15) is 0 Å². The molecule has 1 aliphatic heterocycles. The third kappa shape index (κ3) is 1.12. The van der Waals surface area contributed by atoms with Crippen LogP contribution in [-0.2, 0) is 0 Å². The Hall–Kier alpha value is 0.600. The highest BCUT2D eigenvalue weighted by molar-refractivity contribution is 7.84. The van der Waals surface area contributed by atoms with E-state index in [0.717, 1.165) is 0 Å². The Kier molecular flexibility index (Phi) is 2.07. The molecule has 2 atom stereocenters. The number of hydrogen-bond donors (Lipinski definition) is 0. The molecule has 2 heteroatoms. The lowest BCUT2D eigenvalue weighted by atomic mass is 11.0. The molecule has 0 spiro atoms. The molecule has 0 saturated carbocycles. The molecule has 46 valence electrons. The van der Waals surface area contributed by atoms with Crippen molar-refractivity contribution < 1.29 is 0 Å². The van der Waals surface area contributed by atoms with Gasteiger partial charge in [0.1, 0.15) is 0 Å². The topological polar surface area (TPSA) is 0 Å². The lowest BCUT2D eigenvalue weighted by Crippen LogP contribution is -1.72. The third-order valence-electron chi connectivity index (χ3n) is 1.65. The highest BCUT2D eigenvalue weighted by Crippen LogP contribution is 2.64. The number of rotatable bonds is 0. The fourth-order valence-corrected chi connectivity index (χ4v) is 6.70. The predicted molar refractivity (Wildman–Crippen MR) is 44.6 cm³/mol. The van der Waals surface area contributed by atoms with E-state index >= 15 is 0 Å². The van der Waals surface area contributed by atoms with Gasteiger partial charge in [-0.1, -0.05) is 22.4 Å². The first-order valence-electron chi connectivity index (χ1n) is 2.83. The summed E-state index contributed by atoms with van der Waals surface area (Å²) < 4.78 is 0. The minimum absolute atomic E-state index is 0.269. The van der Waals surface area contributed by atoms with Crippen molar-refractivity contribution in [3.63, 3.8) is 0 Å². The molecular formula is C6H12P2. The van der Waals surface area contributed by atoms with Crippen molar-refractivity contribution in [1.82, 2.24) is 0 Å². The van der Waals surface area contributed by atoms with Gasteiger partial charge in [-0.2, -0.15) is 0 Å². The Bertz CT molecular complexity index is 97.1. The first kappa shape index (κ1) is 6.72. The fraction of sp³-hybridized carbons (Fsp3) is 0.667. The minimum Gasteiger partial charge on any atom is -0.0909 e. The average molecular weight is 146 g/mol. The van der Waals surface area contributed by atoms with Crippen molar-refractivity contribution in [3.05, 3.63) is 11.6 Å². The van der Waals surface area contributed by atoms with Gasteiger partial charge >= 0.3 is 0 Å². The fourth-order valence-electron chi connectivity index (χ4n) is 0.850. The molecule has 2 unspecified atom stereocenters. The largest absolute Gasteiger partial charge is 0.0909 e. The van der Waals surface area contributed by atoms with E-state index < -0.39 is 0 Å². The summed E-state index contributed by atoms with van der Waals surface area (Å²) in [7, 11) is 0.538. The Morgan fingerprint density at radius 2 is 1.62 bits per heavy atom. The summed E-state index contributed by atoms with van der Waals surface area (Å²) >= 11 is 0. The standard InChI is InChI=1S/C6H12P2/c1-6-7(2)4-5-8(6)3/h1,4-5H2,2-3H3. The second-order valence-corrected chi connectivity index (χ2v) is 7.38. The molecule has 8 heavy (non-hydrogen) atoms. The van der Waals surface area contributed by atoms with E-state index in [2.05, 4.69) is 19.9 Å². The lowest BCUT2D eigenvalue weighted by Gasteiger charge is -2.04. The van der Waals surface area contributed by atoms with Crippen LogP contribution in [0.3, 0.4) is 0 Å². The molecule has 0 radical (unpaired) electrons. The molecule has 0 N–H and O–H groups in total. The first-order valence-corrected chi connectivity index (χ1v) is 6.78. The van der Waals surface area contributed by atoms with Crippen molar-refractivity contribution in [3.8, 4) is 0 Å². The average Bonchev–Trinajstić information content (AvgIpc) is 1.98. The van der Waals surface area contributed by atoms with Crippen molar-refractivity contribution in [2.45, 2.75) is 0 Å². The van der Waals surface area contributed by atoms with Crippen LogP contribution in [0.25, 0.3) is 0 Å². The SMILES string of the molecule is C=C1P(C)CCP1C. The predicted octanol–water partition coefficient (Wildman–Crippen LogP) is 2.69. The van der Waals surface area contributed by atoms with Crippen molar-refractivity contribution in [1.29, 1.82) is 0 Å². The summed E-state index contributed by atoms with van der Waals surface area (Å²) in [5, 5.41) is 1.59. The summed E-state index contributed by atoms with van der Waals surface area (Å²) in [5.74, 6) is 0. The van der Waals surface area contributed by atoms with Gasteiger partial charge in [-0.25, -0.2) is 0 Å².